The summed E-state index contributed by atoms with van der Waals surface area (Å²) in [5.74, 6) is 0.577. The number of nitrogens with one attached hydrogen (secondary N) is 1. The number of hydrogen-bond donors (Lipinski definition) is 1. The molecule has 0 amide bonds. The highest BCUT2D eigenvalue weighted by Gasteiger charge is 2.32. The molecule has 1 aliphatic heterocycles. The van der Waals surface area contributed by atoms with E-state index in [1.807, 2.05) is 6.07 Å². The van der Waals surface area contributed by atoms with Crippen molar-refractivity contribution >= 4 is 5.82 Å². The lowest BCUT2D eigenvalue weighted by Crippen LogP contribution is -2.37. The molecule has 1 aliphatic carbocycles. The third kappa shape index (κ3) is 3.01. The Labute approximate surface area is 145 Å². The molecule has 7 heteroatoms. The van der Waals surface area contributed by atoms with Gasteiger partial charge in [0.15, 0.2) is 0 Å². The average molecular weight is 337 g/mol. The first kappa shape index (κ1) is 15.8. The lowest BCUT2D eigenvalue weighted by molar-refractivity contribution is 0.182. The van der Waals surface area contributed by atoms with Crippen LogP contribution in [-0.2, 0) is 17.6 Å². The van der Waals surface area contributed by atoms with Gasteiger partial charge in [-0.05, 0) is 43.4 Å². The van der Waals surface area contributed by atoms with Crippen LogP contribution in [0, 0.1) is 11.3 Å². The molecule has 25 heavy (non-hydrogen) atoms. The fourth-order valence-corrected chi connectivity index (χ4v) is 3.54. The number of nitrogens with zero attached hydrogens (tertiary/aromatic N) is 4. The molecule has 128 valence electrons. The maximum absolute atomic E-state index is 12.1. The van der Waals surface area contributed by atoms with Crippen LogP contribution in [0.5, 0.6) is 0 Å². The SMILES string of the molecule is N#Cc1cc2c(nc1NC1COCC1n1ncccc1=O)CCCC2. The lowest BCUT2D eigenvalue weighted by Gasteiger charge is -2.23. The van der Waals surface area contributed by atoms with Gasteiger partial charge in [-0.2, -0.15) is 10.4 Å². The Kier molecular flexibility index (Phi) is 4.20. The maximum atomic E-state index is 12.1. The zero-order chi connectivity index (χ0) is 17.2. The van der Waals surface area contributed by atoms with E-state index in [0.29, 0.717) is 24.6 Å². The first-order valence-corrected chi connectivity index (χ1v) is 8.57. The molecule has 2 atom stereocenters. The van der Waals surface area contributed by atoms with Crippen molar-refractivity contribution in [1.82, 2.24) is 14.8 Å². The van der Waals surface area contributed by atoms with Crippen molar-refractivity contribution in [1.29, 1.82) is 5.26 Å². The zero-order valence-electron chi connectivity index (χ0n) is 13.8. The Bertz CT molecular complexity index is 886. The molecule has 1 saturated heterocycles. The summed E-state index contributed by atoms with van der Waals surface area (Å²) < 4.78 is 7.00. The minimum atomic E-state index is -0.224. The van der Waals surface area contributed by atoms with E-state index in [4.69, 9.17) is 9.72 Å². The van der Waals surface area contributed by atoms with Crippen LogP contribution in [0.1, 0.15) is 35.7 Å². The summed E-state index contributed by atoms with van der Waals surface area (Å²) in [6, 6.07) is 6.91. The van der Waals surface area contributed by atoms with Crippen molar-refractivity contribution in [3.8, 4) is 6.07 Å². The molecule has 0 saturated carbocycles. The minimum absolute atomic E-state index is 0.158. The monoisotopic (exact) mass is 337 g/mol. The van der Waals surface area contributed by atoms with Gasteiger partial charge in [0.05, 0.1) is 24.8 Å². The number of hydrogen-bond acceptors (Lipinski definition) is 6. The topological polar surface area (TPSA) is 92.8 Å². The summed E-state index contributed by atoms with van der Waals surface area (Å²) in [5.41, 5.74) is 2.62. The van der Waals surface area contributed by atoms with Gasteiger partial charge in [-0.25, -0.2) is 9.67 Å². The minimum Gasteiger partial charge on any atom is -0.377 e. The predicted molar refractivity (Wildman–Crippen MR) is 91.4 cm³/mol. The van der Waals surface area contributed by atoms with Crippen molar-refractivity contribution < 1.29 is 4.74 Å². The first-order valence-electron chi connectivity index (χ1n) is 8.57. The van der Waals surface area contributed by atoms with Gasteiger partial charge in [-0.1, -0.05) is 0 Å². The molecule has 0 spiro atoms. The summed E-state index contributed by atoms with van der Waals surface area (Å²) in [6.45, 7) is 0.846. The molecular formula is C18H19N5O2. The summed E-state index contributed by atoms with van der Waals surface area (Å²) in [5, 5.41) is 17.0. The van der Waals surface area contributed by atoms with Crippen molar-refractivity contribution in [3.63, 3.8) is 0 Å². The second kappa shape index (κ2) is 6.65. The molecular weight excluding hydrogens is 318 g/mol. The lowest BCUT2D eigenvalue weighted by atomic mass is 9.95. The number of aryl methyl sites for hydroxylation is 2. The van der Waals surface area contributed by atoms with Gasteiger partial charge in [0.2, 0.25) is 0 Å². The highest BCUT2D eigenvalue weighted by Crippen LogP contribution is 2.27. The van der Waals surface area contributed by atoms with E-state index in [1.165, 1.54) is 16.3 Å². The molecule has 2 aromatic rings. The molecule has 2 unspecified atom stereocenters. The van der Waals surface area contributed by atoms with E-state index >= 15 is 0 Å². The third-order valence-electron chi connectivity index (χ3n) is 4.85. The molecule has 2 aromatic heterocycles. The summed E-state index contributed by atoms with van der Waals surface area (Å²) in [6.07, 6.45) is 5.79. The number of fused-ring (bicyclic) bond motifs is 1. The van der Waals surface area contributed by atoms with Crippen molar-refractivity contribution in [2.75, 3.05) is 18.5 Å². The summed E-state index contributed by atoms with van der Waals surface area (Å²) in [7, 11) is 0. The molecule has 7 nitrogen and oxygen atoms in total. The largest absolute Gasteiger partial charge is 0.377 e. The quantitative estimate of drug-likeness (QED) is 0.911. The second-order valence-electron chi connectivity index (χ2n) is 6.47. The van der Waals surface area contributed by atoms with Crippen LogP contribution in [0.2, 0.25) is 0 Å². The van der Waals surface area contributed by atoms with Gasteiger partial charge >= 0.3 is 0 Å². The molecule has 3 heterocycles. The fourth-order valence-electron chi connectivity index (χ4n) is 3.54. The van der Waals surface area contributed by atoms with Gasteiger partial charge in [0, 0.05) is 18.0 Å². The van der Waals surface area contributed by atoms with Crippen LogP contribution in [0.4, 0.5) is 5.82 Å². The van der Waals surface area contributed by atoms with Gasteiger partial charge in [0.1, 0.15) is 17.9 Å². The van der Waals surface area contributed by atoms with E-state index < -0.39 is 0 Å². The number of anilines is 1. The third-order valence-corrected chi connectivity index (χ3v) is 4.85. The predicted octanol–water partition coefficient (Wildman–Crippen LogP) is 1.44. The van der Waals surface area contributed by atoms with Crippen molar-refractivity contribution in [3.05, 3.63) is 51.6 Å². The molecule has 0 bridgehead atoms. The van der Waals surface area contributed by atoms with Gasteiger partial charge in [-0.15, -0.1) is 0 Å². The Morgan fingerprint density at radius 1 is 1.32 bits per heavy atom. The van der Waals surface area contributed by atoms with Crippen molar-refractivity contribution in [2.24, 2.45) is 0 Å². The Balaban J connectivity index is 1.64. The van der Waals surface area contributed by atoms with E-state index in [9.17, 15) is 10.1 Å². The highest BCUT2D eigenvalue weighted by atomic mass is 16.5. The zero-order valence-corrected chi connectivity index (χ0v) is 13.8. The molecule has 4 rings (SSSR count). The van der Waals surface area contributed by atoms with Crippen LogP contribution >= 0.6 is 0 Å². The van der Waals surface area contributed by atoms with Crippen LogP contribution in [-0.4, -0.2) is 34.0 Å². The summed E-state index contributed by atoms with van der Waals surface area (Å²) in [4.78, 5) is 16.8. The average Bonchev–Trinajstić information content (AvgIpc) is 3.09. The smallest absolute Gasteiger partial charge is 0.267 e. The van der Waals surface area contributed by atoms with Crippen LogP contribution in [0.25, 0.3) is 0 Å². The maximum Gasteiger partial charge on any atom is 0.267 e. The number of nitriles is 1. The normalized spacial score (nSPS) is 22.2. The Hall–Kier alpha value is -2.72. The molecule has 0 radical (unpaired) electrons. The van der Waals surface area contributed by atoms with E-state index in [2.05, 4.69) is 16.5 Å². The first-order chi connectivity index (χ1) is 12.3. The van der Waals surface area contributed by atoms with Crippen LogP contribution in [0.3, 0.4) is 0 Å². The second-order valence-corrected chi connectivity index (χ2v) is 6.47. The highest BCUT2D eigenvalue weighted by molar-refractivity contribution is 5.55. The van der Waals surface area contributed by atoms with E-state index in [1.54, 1.807) is 12.3 Å². The van der Waals surface area contributed by atoms with Crippen LogP contribution in [0.15, 0.2) is 29.2 Å². The molecule has 0 aromatic carbocycles. The molecule has 2 aliphatic rings. The Morgan fingerprint density at radius 2 is 2.20 bits per heavy atom. The van der Waals surface area contributed by atoms with Crippen LogP contribution < -0.4 is 10.9 Å². The van der Waals surface area contributed by atoms with E-state index in [0.717, 1.165) is 31.4 Å². The number of ether oxygens (including phenoxy) is 1. The Morgan fingerprint density at radius 3 is 3.04 bits per heavy atom. The van der Waals surface area contributed by atoms with Gasteiger partial charge < -0.3 is 10.1 Å². The van der Waals surface area contributed by atoms with Crippen molar-refractivity contribution in [2.45, 2.75) is 37.8 Å². The van der Waals surface area contributed by atoms with E-state index in [-0.39, 0.29) is 17.6 Å². The fraction of sp³-hybridized carbons (Fsp3) is 0.444. The number of pyridine rings is 1. The van der Waals surface area contributed by atoms with Gasteiger partial charge in [-0.3, -0.25) is 4.79 Å². The number of aromatic nitrogens is 3. The molecule has 1 fully saturated rings. The summed E-state index contributed by atoms with van der Waals surface area (Å²) >= 11 is 0. The standard InChI is InChI=1S/C18H19N5O2/c19-9-13-8-12-4-1-2-5-14(12)21-18(13)22-15-10-25-11-16(15)23-17(24)6-3-7-20-23/h3,6-8,15-16H,1-2,4-5,10-11H2,(H,21,22). The van der Waals surface area contributed by atoms with Gasteiger partial charge in [0.25, 0.3) is 5.56 Å². The molecule has 1 N–H and O–H groups in total. The number of rotatable bonds is 3.